The summed E-state index contributed by atoms with van der Waals surface area (Å²) < 4.78 is 11.0. The van der Waals surface area contributed by atoms with Crippen LogP contribution in [0.5, 0.6) is 0 Å². The summed E-state index contributed by atoms with van der Waals surface area (Å²) in [7, 11) is 2.05. The molecule has 1 N–H and O–H groups in total. The topological polar surface area (TPSA) is 50.8 Å². The van der Waals surface area contributed by atoms with Crippen molar-refractivity contribution in [2.24, 2.45) is 0 Å². The highest BCUT2D eigenvalue weighted by atomic mass is 16.6. The molecule has 1 heterocycles. The van der Waals surface area contributed by atoms with Gasteiger partial charge in [-0.25, -0.2) is 4.79 Å². The second-order valence-corrected chi connectivity index (χ2v) is 5.80. The lowest BCUT2D eigenvalue weighted by Gasteiger charge is -2.37. The van der Waals surface area contributed by atoms with Crippen molar-refractivity contribution in [2.75, 3.05) is 26.7 Å². The van der Waals surface area contributed by atoms with Gasteiger partial charge >= 0.3 is 6.09 Å². The molecular formula is C13H26N2O3. The van der Waals surface area contributed by atoms with Crippen molar-refractivity contribution in [2.45, 2.75) is 51.9 Å². The molecule has 0 aromatic carbocycles. The molecule has 0 aliphatic carbocycles. The molecule has 0 aromatic heterocycles. The Morgan fingerprint density at radius 3 is 2.67 bits per heavy atom. The molecule has 106 valence electrons. The van der Waals surface area contributed by atoms with Crippen LogP contribution in [0.15, 0.2) is 0 Å². The summed E-state index contributed by atoms with van der Waals surface area (Å²) in [6.07, 6.45) is 0.649. The average molecular weight is 258 g/mol. The van der Waals surface area contributed by atoms with Gasteiger partial charge in [0.15, 0.2) is 0 Å². The third kappa shape index (κ3) is 5.23. The van der Waals surface area contributed by atoms with E-state index >= 15 is 0 Å². The molecule has 0 spiro atoms. The van der Waals surface area contributed by atoms with Gasteiger partial charge in [0.05, 0.1) is 12.1 Å². The van der Waals surface area contributed by atoms with Gasteiger partial charge in [-0.2, -0.15) is 0 Å². The van der Waals surface area contributed by atoms with Gasteiger partial charge in [-0.3, -0.25) is 0 Å². The summed E-state index contributed by atoms with van der Waals surface area (Å²) >= 11 is 0. The number of piperidine rings is 1. The van der Waals surface area contributed by atoms with Gasteiger partial charge in [-0.1, -0.05) is 0 Å². The molecule has 18 heavy (non-hydrogen) atoms. The molecule has 0 bridgehead atoms. The molecule has 5 heteroatoms. The Balaban J connectivity index is 2.52. The van der Waals surface area contributed by atoms with E-state index in [0.717, 1.165) is 19.5 Å². The van der Waals surface area contributed by atoms with Gasteiger partial charge in [0.25, 0.3) is 0 Å². The van der Waals surface area contributed by atoms with Crippen LogP contribution in [0.25, 0.3) is 0 Å². The Hall–Kier alpha value is -0.810. The van der Waals surface area contributed by atoms with Crippen LogP contribution in [-0.4, -0.2) is 55.5 Å². The van der Waals surface area contributed by atoms with E-state index < -0.39 is 5.60 Å². The van der Waals surface area contributed by atoms with E-state index in [1.807, 2.05) is 34.7 Å². The van der Waals surface area contributed by atoms with Gasteiger partial charge in [-0.05, 0) is 41.2 Å². The van der Waals surface area contributed by atoms with Crippen molar-refractivity contribution in [1.82, 2.24) is 10.2 Å². The number of likely N-dealkylation sites (N-methyl/N-ethyl adjacent to an activating group) is 1. The first-order valence-corrected chi connectivity index (χ1v) is 6.61. The molecule has 1 fully saturated rings. The Bertz CT molecular complexity index is 276. The SMILES string of the molecule is CCO[C@@H]1CCN(C)C[C@@H]1NC(=O)OC(C)(C)C. The van der Waals surface area contributed by atoms with Crippen LogP contribution in [0.4, 0.5) is 4.79 Å². The molecule has 1 rings (SSSR count). The number of hydrogen-bond acceptors (Lipinski definition) is 4. The number of likely N-dealkylation sites (tertiary alicyclic amines) is 1. The van der Waals surface area contributed by atoms with E-state index in [-0.39, 0.29) is 18.2 Å². The maximum absolute atomic E-state index is 11.8. The normalized spacial score (nSPS) is 25.8. The van der Waals surface area contributed by atoms with Crippen LogP contribution >= 0.6 is 0 Å². The van der Waals surface area contributed by atoms with E-state index in [9.17, 15) is 4.79 Å². The Labute approximate surface area is 110 Å². The maximum Gasteiger partial charge on any atom is 0.408 e. The number of carbonyl (C=O) groups is 1. The summed E-state index contributed by atoms with van der Waals surface area (Å²) in [5, 5.41) is 2.91. The average Bonchev–Trinajstić information content (AvgIpc) is 2.19. The second kappa shape index (κ2) is 6.38. The first-order valence-electron chi connectivity index (χ1n) is 6.61. The number of nitrogens with zero attached hydrogens (tertiary/aromatic N) is 1. The predicted octanol–water partition coefficient (Wildman–Crippen LogP) is 1.62. The number of rotatable bonds is 3. The number of nitrogens with one attached hydrogen (secondary N) is 1. The maximum atomic E-state index is 11.8. The highest BCUT2D eigenvalue weighted by Gasteiger charge is 2.30. The fraction of sp³-hybridized carbons (Fsp3) is 0.923. The van der Waals surface area contributed by atoms with Crippen molar-refractivity contribution >= 4 is 6.09 Å². The molecule has 1 aliphatic rings. The summed E-state index contributed by atoms with van der Waals surface area (Å²) in [6.45, 7) is 10.0. The third-order valence-electron chi connectivity index (χ3n) is 2.84. The fourth-order valence-electron chi connectivity index (χ4n) is 2.10. The molecule has 0 aromatic rings. The Morgan fingerprint density at radius 1 is 1.44 bits per heavy atom. The molecule has 1 saturated heterocycles. The lowest BCUT2D eigenvalue weighted by Crippen LogP contribution is -2.55. The largest absolute Gasteiger partial charge is 0.444 e. The smallest absolute Gasteiger partial charge is 0.408 e. The lowest BCUT2D eigenvalue weighted by atomic mass is 10.0. The molecule has 1 amide bonds. The molecule has 0 radical (unpaired) electrons. The highest BCUT2D eigenvalue weighted by molar-refractivity contribution is 5.68. The molecular weight excluding hydrogens is 232 g/mol. The van der Waals surface area contributed by atoms with Crippen LogP contribution in [0.2, 0.25) is 0 Å². The van der Waals surface area contributed by atoms with Crippen LogP contribution in [0.3, 0.4) is 0 Å². The van der Waals surface area contributed by atoms with Gasteiger partial charge < -0.3 is 19.7 Å². The zero-order chi connectivity index (χ0) is 13.8. The lowest BCUT2D eigenvalue weighted by molar-refractivity contribution is -0.0119. The van der Waals surface area contributed by atoms with E-state index in [1.165, 1.54) is 0 Å². The Morgan fingerprint density at radius 2 is 2.11 bits per heavy atom. The number of ether oxygens (including phenoxy) is 2. The third-order valence-corrected chi connectivity index (χ3v) is 2.84. The van der Waals surface area contributed by atoms with Crippen molar-refractivity contribution in [3.63, 3.8) is 0 Å². The van der Waals surface area contributed by atoms with Crippen molar-refractivity contribution < 1.29 is 14.3 Å². The number of alkyl carbamates (subject to hydrolysis) is 1. The standard InChI is InChI=1S/C13H26N2O3/c1-6-17-11-7-8-15(5)9-10(11)14-12(16)18-13(2,3)4/h10-11H,6-9H2,1-5H3,(H,14,16)/t10-,11+/m0/s1. The van der Waals surface area contributed by atoms with Crippen LogP contribution in [-0.2, 0) is 9.47 Å². The molecule has 5 nitrogen and oxygen atoms in total. The Kier molecular flexibility index (Phi) is 5.41. The van der Waals surface area contributed by atoms with E-state index in [1.54, 1.807) is 0 Å². The number of amides is 1. The molecule has 0 unspecified atom stereocenters. The fourth-order valence-corrected chi connectivity index (χ4v) is 2.10. The van der Waals surface area contributed by atoms with Gasteiger partial charge in [0.2, 0.25) is 0 Å². The van der Waals surface area contributed by atoms with Crippen molar-refractivity contribution in [3.05, 3.63) is 0 Å². The minimum atomic E-state index is -0.467. The van der Waals surface area contributed by atoms with E-state index in [4.69, 9.17) is 9.47 Å². The first kappa shape index (κ1) is 15.2. The zero-order valence-electron chi connectivity index (χ0n) is 12.2. The summed E-state index contributed by atoms with van der Waals surface area (Å²) in [5.74, 6) is 0. The quantitative estimate of drug-likeness (QED) is 0.836. The monoisotopic (exact) mass is 258 g/mol. The summed E-state index contributed by atoms with van der Waals surface area (Å²) in [6, 6.07) is -0.00134. The molecule has 1 aliphatic heterocycles. The second-order valence-electron chi connectivity index (χ2n) is 5.80. The highest BCUT2D eigenvalue weighted by Crippen LogP contribution is 2.14. The van der Waals surface area contributed by atoms with Crippen molar-refractivity contribution in [1.29, 1.82) is 0 Å². The predicted molar refractivity (Wildman–Crippen MR) is 70.7 cm³/mol. The van der Waals surface area contributed by atoms with Gasteiger partial charge in [0.1, 0.15) is 5.60 Å². The van der Waals surface area contributed by atoms with Gasteiger partial charge in [0, 0.05) is 19.7 Å². The summed E-state index contributed by atoms with van der Waals surface area (Å²) in [4.78, 5) is 14.0. The minimum absolute atomic E-state index is 0.00134. The molecule has 0 saturated carbocycles. The minimum Gasteiger partial charge on any atom is -0.444 e. The molecule has 2 atom stereocenters. The van der Waals surface area contributed by atoms with E-state index in [0.29, 0.717) is 6.61 Å². The van der Waals surface area contributed by atoms with Crippen LogP contribution < -0.4 is 5.32 Å². The first-order chi connectivity index (χ1) is 8.31. The van der Waals surface area contributed by atoms with Gasteiger partial charge in [-0.15, -0.1) is 0 Å². The summed E-state index contributed by atoms with van der Waals surface area (Å²) in [5.41, 5.74) is -0.467. The van der Waals surface area contributed by atoms with Crippen LogP contribution in [0, 0.1) is 0 Å². The zero-order valence-corrected chi connectivity index (χ0v) is 12.2. The van der Waals surface area contributed by atoms with Crippen LogP contribution in [0.1, 0.15) is 34.1 Å². The number of carbonyl (C=O) groups excluding carboxylic acids is 1. The van der Waals surface area contributed by atoms with Crippen molar-refractivity contribution in [3.8, 4) is 0 Å². The van der Waals surface area contributed by atoms with E-state index in [2.05, 4.69) is 10.2 Å². The number of hydrogen-bond donors (Lipinski definition) is 1.